The number of nitrogens with zero attached hydrogens (tertiary/aromatic N) is 3. The third-order valence-electron chi connectivity index (χ3n) is 4.99. The SMILES string of the molecule is CN=C(NCc1ccnc(N2CCOC(C)C2)c1)NCC1(C)CCCS1.I. The highest BCUT2D eigenvalue weighted by Gasteiger charge is 2.29. The molecule has 0 aliphatic carbocycles. The maximum absolute atomic E-state index is 5.62. The summed E-state index contributed by atoms with van der Waals surface area (Å²) in [6.07, 6.45) is 4.73. The maximum atomic E-state index is 5.62. The number of hydrogen-bond donors (Lipinski definition) is 2. The molecular formula is C19H32IN5OS. The number of anilines is 1. The van der Waals surface area contributed by atoms with Crippen LogP contribution in [0.25, 0.3) is 0 Å². The van der Waals surface area contributed by atoms with E-state index in [1.165, 1.54) is 24.2 Å². The molecular weight excluding hydrogens is 473 g/mol. The van der Waals surface area contributed by atoms with Gasteiger partial charge in [-0.2, -0.15) is 11.8 Å². The Kier molecular flexibility index (Phi) is 8.94. The van der Waals surface area contributed by atoms with Crippen molar-refractivity contribution in [2.24, 2.45) is 4.99 Å². The van der Waals surface area contributed by atoms with Crippen LogP contribution < -0.4 is 15.5 Å². The fourth-order valence-electron chi connectivity index (χ4n) is 3.42. The number of hydrogen-bond acceptors (Lipinski definition) is 5. The van der Waals surface area contributed by atoms with Crippen molar-refractivity contribution in [3.8, 4) is 0 Å². The third kappa shape index (κ3) is 6.67. The molecule has 0 spiro atoms. The van der Waals surface area contributed by atoms with E-state index < -0.39 is 0 Å². The Morgan fingerprint density at radius 1 is 1.48 bits per heavy atom. The maximum Gasteiger partial charge on any atom is 0.191 e. The van der Waals surface area contributed by atoms with Gasteiger partial charge in [-0.25, -0.2) is 4.98 Å². The van der Waals surface area contributed by atoms with E-state index in [2.05, 4.69) is 63.3 Å². The van der Waals surface area contributed by atoms with Crippen LogP contribution in [0.5, 0.6) is 0 Å². The minimum Gasteiger partial charge on any atom is -0.375 e. The molecule has 1 aromatic heterocycles. The van der Waals surface area contributed by atoms with E-state index in [1.54, 1.807) is 0 Å². The van der Waals surface area contributed by atoms with Crippen LogP contribution in [0.3, 0.4) is 0 Å². The zero-order valence-electron chi connectivity index (χ0n) is 16.5. The van der Waals surface area contributed by atoms with Gasteiger partial charge in [0.1, 0.15) is 5.82 Å². The van der Waals surface area contributed by atoms with Crippen LogP contribution in [-0.2, 0) is 11.3 Å². The van der Waals surface area contributed by atoms with Crippen molar-refractivity contribution in [1.82, 2.24) is 15.6 Å². The fourth-order valence-corrected chi connectivity index (χ4v) is 4.67. The minimum absolute atomic E-state index is 0. The molecule has 2 aliphatic heterocycles. The first-order valence-electron chi connectivity index (χ1n) is 9.48. The van der Waals surface area contributed by atoms with Crippen molar-refractivity contribution >= 4 is 47.5 Å². The Balaban J connectivity index is 0.00000261. The number of pyridine rings is 1. The molecule has 3 rings (SSSR count). The summed E-state index contributed by atoms with van der Waals surface area (Å²) in [6, 6.07) is 4.22. The largest absolute Gasteiger partial charge is 0.375 e. The summed E-state index contributed by atoms with van der Waals surface area (Å²) in [7, 11) is 1.83. The summed E-state index contributed by atoms with van der Waals surface area (Å²) in [5.74, 6) is 3.15. The number of guanidine groups is 1. The molecule has 2 atom stereocenters. The van der Waals surface area contributed by atoms with E-state index in [0.717, 1.165) is 44.6 Å². The van der Waals surface area contributed by atoms with Gasteiger partial charge in [-0.1, -0.05) is 0 Å². The highest BCUT2D eigenvalue weighted by atomic mass is 127. The van der Waals surface area contributed by atoms with Gasteiger partial charge in [-0.05, 0) is 50.1 Å². The van der Waals surface area contributed by atoms with E-state index in [9.17, 15) is 0 Å². The molecule has 0 bridgehead atoms. The normalized spacial score (nSPS) is 25.8. The molecule has 27 heavy (non-hydrogen) atoms. The second-order valence-corrected chi connectivity index (χ2v) is 9.01. The zero-order valence-corrected chi connectivity index (χ0v) is 19.7. The molecule has 2 N–H and O–H groups in total. The van der Waals surface area contributed by atoms with Gasteiger partial charge < -0.3 is 20.3 Å². The molecule has 0 radical (unpaired) electrons. The monoisotopic (exact) mass is 505 g/mol. The number of thioether (sulfide) groups is 1. The molecule has 0 saturated carbocycles. The number of halogens is 1. The standard InChI is InChI=1S/C19H31N5OS.HI/c1-15-13-24(8-9-25-15)17-11-16(5-7-21-17)12-22-18(20-3)23-14-19(2)6-4-10-26-19;/h5,7,11,15H,4,6,8-10,12-14H2,1-3H3,(H2,20,22,23);1H. The van der Waals surface area contributed by atoms with Crippen molar-refractivity contribution in [3.63, 3.8) is 0 Å². The lowest BCUT2D eigenvalue weighted by atomic mass is 10.1. The number of aromatic nitrogens is 1. The van der Waals surface area contributed by atoms with Crippen LogP contribution in [0.2, 0.25) is 0 Å². The number of aliphatic imine (C=N–C) groups is 1. The highest BCUT2D eigenvalue weighted by Crippen LogP contribution is 2.36. The molecule has 1 aromatic rings. The van der Waals surface area contributed by atoms with Crippen LogP contribution >= 0.6 is 35.7 Å². The highest BCUT2D eigenvalue weighted by molar-refractivity contribution is 14.0. The van der Waals surface area contributed by atoms with Crippen molar-refractivity contribution in [2.75, 3.05) is 43.9 Å². The van der Waals surface area contributed by atoms with Gasteiger partial charge in [0.25, 0.3) is 0 Å². The summed E-state index contributed by atoms with van der Waals surface area (Å²) in [4.78, 5) is 11.2. The molecule has 2 aliphatic rings. The molecule has 6 nitrogen and oxygen atoms in total. The van der Waals surface area contributed by atoms with Gasteiger partial charge in [-0.15, -0.1) is 24.0 Å². The van der Waals surface area contributed by atoms with Gasteiger partial charge in [0.2, 0.25) is 0 Å². The smallest absolute Gasteiger partial charge is 0.191 e. The number of ether oxygens (including phenoxy) is 1. The predicted molar refractivity (Wildman–Crippen MR) is 126 cm³/mol. The Labute approximate surface area is 184 Å². The van der Waals surface area contributed by atoms with Crippen LogP contribution in [0.1, 0.15) is 32.3 Å². The van der Waals surface area contributed by atoms with Gasteiger partial charge in [0.05, 0.1) is 12.7 Å². The van der Waals surface area contributed by atoms with E-state index in [0.29, 0.717) is 4.75 Å². The van der Waals surface area contributed by atoms with Crippen LogP contribution in [0.15, 0.2) is 23.3 Å². The average Bonchev–Trinajstić information content (AvgIpc) is 3.09. The van der Waals surface area contributed by atoms with Gasteiger partial charge >= 0.3 is 0 Å². The Morgan fingerprint density at radius 3 is 3.04 bits per heavy atom. The predicted octanol–water partition coefficient (Wildman–Crippen LogP) is 2.88. The molecule has 0 amide bonds. The average molecular weight is 505 g/mol. The fraction of sp³-hybridized carbons (Fsp3) is 0.684. The van der Waals surface area contributed by atoms with Crippen molar-refractivity contribution in [1.29, 1.82) is 0 Å². The molecule has 2 unspecified atom stereocenters. The van der Waals surface area contributed by atoms with Crippen LogP contribution in [0.4, 0.5) is 5.82 Å². The lowest BCUT2D eigenvalue weighted by Crippen LogP contribution is -2.43. The summed E-state index contributed by atoms with van der Waals surface area (Å²) >= 11 is 2.06. The van der Waals surface area contributed by atoms with Crippen LogP contribution in [0, 0.1) is 0 Å². The Hall–Kier alpha value is -0.740. The molecule has 152 valence electrons. The Bertz CT molecular complexity index is 624. The van der Waals surface area contributed by atoms with E-state index in [-0.39, 0.29) is 30.1 Å². The topological polar surface area (TPSA) is 61.8 Å². The first kappa shape index (κ1) is 22.5. The van der Waals surface area contributed by atoms with E-state index in [1.807, 2.05) is 13.2 Å². The Morgan fingerprint density at radius 2 is 2.33 bits per heavy atom. The quantitative estimate of drug-likeness (QED) is 0.365. The second-order valence-electron chi connectivity index (χ2n) is 7.33. The molecule has 2 fully saturated rings. The van der Waals surface area contributed by atoms with E-state index >= 15 is 0 Å². The summed E-state index contributed by atoms with van der Waals surface area (Å²) in [5, 5.41) is 6.91. The first-order chi connectivity index (χ1) is 12.6. The second kappa shape index (κ2) is 10.7. The van der Waals surface area contributed by atoms with Crippen molar-refractivity contribution < 1.29 is 4.74 Å². The first-order valence-corrected chi connectivity index (χ1v) is 10.5. The number of nitrogens with one attached hydrogen (secondary N) is 2. The lowest BCUT2D eigenvalue weighted by Gasteiger charge is -2.32. The molecule has 2 saturated heterocycles. The summed E-state index contributed by atoms with van der Waals surface area (Å²) in [5.41, 5.74) is 1.21. The van der Waals surface area contributed by atoms with Crippen molar-refractivity contribution in [2.45, 2.75) is 44.1 Å². The van der Waals surface area contributed by atoms with Gasteiger partial charge in [0.15, 0.2) is 5.96 Å². The zero-order chi connectivity index (χ0) is 18.4. The molecule has 8 heteroatoms. The van der Waals surface area contributed by atoms with E-state index in [4.69, 9.17) is 4.74 Å². The van der Waals surface area contributed by atoms with Crippen LogP contribution in [-0.4, -0.2) is 60.8 Å². The van der Waals surface area contributed by atoms with Gasteiger partial charge in [0, 0.05) is 44.2 Å². The third-order valence-corrected chi connectivity index (χ3v) is 6.53. The number of rotatable bonds is 5. The summed E-state index contributed by atoms with van der Waals surface area (Å²) < 4.78 is 5.95. The molecule has 0 aromatic carbocycles. The molecule has 3 heterocycles. The minimum atomic E-state index is 0. The lowest BCUT2D eigenvalue weighted by molar-refractivity contribution is 0.0529. The number of morpholine rings is 1. The van der Waals surface area contributed by atoms with Gasteiger partial charge in [-0.3, -0.25) is 4.99 Å². The summed E-state index contributed by atoms with van der Waals surface area (Å²) in [6.45, 7) is 8.68. The van der Waals surface area contributed by atoms with Crippen molar-refractivity contribution in [3.05, 3.63) is 23.9 Å².